The molecule has 3 N–H and O–H groups in total. The summed E-state index contributed by atoms with van der Waals surface area (Å²) in [5.74, 6) is 0.415. The zero-order valence-corrected chi connectivity index (χ0v) is 11.9. The van der Waals surface area contributed by atoms with E-state index in [4.69, 9.17) is 5.73 Å². The normalized spacial score (nSPS) is 11.9. The van der Waals surface area contributed by atoms with Gasteiger partial charge in [0, 0.05) is 16.9 Å². The molecule has 0 bridgehead atoms. The van der Waals surface area contributed by atoms with Crippen molar-refractivity contribution < 1.29 is 4.79 Å². The fourth-order valence-corrected chi connectivity index (χ4v) is 1.97. The van der Waals surface area contributed by atoms with Gasteiger partial charge in [-0.1, -0.05) is 26.0 Å². The predicted octanol–water partition coefficient (Wildman–Crippen LogP) is 4.03. The molecule has 0 aromatic heterocycles. The van der Waals surface area contributed by atoms with Crippen LogP contribution in [-0.2, 0) is 0 Å². The van der Waals surface area contributed by atoms with Crippen LogP contribution in [0.25, 0.3) is 0 Å². The summed E-state index contributed by atoms with van der Waals surface area (Å²) in [4.78, 5) is 12.0. The molecule has 0 fully saturated rings. The maximum absolute atomic E-state index is 12.0. The molecule has 3 nitrogen and oxygen atoms in total. The molecule has 0 aliphatic heterocycles. The van der Waals surface area contributed by atoms with Crippen molar-refractivity contribution in [1.82, 2.24) is 0 Å². The highest BCUT2D eigenvalue weighted by Gasteiger charge is 2.07. The Bertz CT molecular complexity index is 573. The smallest absolute Gasteiger partial charge is 0.255 e. The van der Waals surface area contributed by atoms with Crippen molar-refractivity contribution >= 4 is 17.3 Å². The average molecular weight is 268 g/mol. The number of hydrogen-bond donors (Lipinski definition) is 2. The summed E-state index contributed by atoms with van der Waals surface area (Å²) in [6.45, 7) is 4.36. The standard InChI is InChI=1S/C17H20N2O/c1-3-12(2)13-6-10-16(11-7-13)19-17(20)14-4-8-15(18)9-5-14/h4-12H,3,18H2,1-2H3,(H,19,20). The number of rotatable bonds is 4. The monoisotopic (exact) mass is 268 g/mol. The number of carbonyl (C=O) groups excluding carboxylic acids is 1. The topological polar surface area (TPSA) is 55.1 Å². The van der Waals surface area contributed by atoms with Gasteiger partial charge in [-0.05, 0) is 54.3 Å². The van der Waals surface area contributed by atoms with E-state index in [1.165, 1.54) is 5.56 Å². The van der Waals surface area contributed by atoms with Crippen molar-refractivity contribution in [3.05, 3.63) is 59.7 Å². The molecule has 0 aliphatic carbocycles. The Morgan fingerprint density at radius 1 is 1.10 bits per heavy atom. The Labute approximate surface area is 119 Å². The van der Waals surface area contributed by atoms with Crippen LogP contribution in [0.5, 0.6) is 0 Å². The lowest BCUT2D eigenvalue weighted by Gasteiger charge is -2.10. The van der Waals surface area contributed by atoms with Crippen LogP contribution in [0.1, 0.15) is 42.1 Å². The molecular formula is C17H20N2O. The number of carbonyl (C=O) groups is 1. The van der Waals surface area contributed by atoms with E-state index >= 15 is 0 Å². The van der Waals surface area contributed by atoms with Crippen molar-refractivity contribution in [2.75, 3.05) is 11.1 Å². The first kappa shape index (κ1) is 14.1. The minimum Gasteiger partial charge on any atom is -0.399 e. The number of amides is 1. The number of nitrogen functional groups attached to an aromatic ring is 1. The molecule has 0 saturated carbocycles. The lowest BCUT2D eigenvalue weighted by Crippen LogP contribution is -2.11. The third kappa shape index (κ3) is 3.38. The summed E-state index contributed by atoms with van der Waals surface area (Å²) >= 11 is 0. The first-order valence-corrected chi connectivity index (χ1v) is 6.87. The third-order valence-corrected chi connectivity index (χ3v) is 3.52. The summed E-state index contributed by atoms with van der Waals surface area (Å²) in [6.07, 6.45) is 1.11. The molecule has 1 atom stereocenters. The number of anilines is 2. The van der Waals surface area contributed by atoms with Crippen molar-refractivity contribution in [1.29, 1.82) is 0 Å². The second kappa shape index (κ2) is 6.24. The van der Waals surface area contributed by atoms with Crippen LogP contribution in [0.15, 0.2) is 48.5 Å². The molecule has 104 valence electrons. The third-order valence-electron chi connectivity index (χ3n) is 3.52. The van der Waals surface area contributed by atoms with E-state index in [-0.39, 0.29) is 5.91 Å². The van der Waals surface area contributed by atoms with Gasteiger partial charge >= 0.3 is 0 Å². The summed E-state index contributed by atoms with van der Waals surface area (Å²) in [6, 6.07) is 14.9. The largest absolute Gasteiger partial charge is 0.399 e. The van der Waals surface area contributed by atoms with Gasteiger partial charge < -0.3 is 11.1 Å². The molecule has 2 rings (SSSR count). The molecule has 0 heterocycles. The average Bonchev–Trinajstić information content (AvgIpc) is 2.48. The molecule has 3 heteroatoms. The summed E-state index contributed by atoms with van der Waals surface area (Å²) in [7, 11) is 0. The molecule has 1 unspecified atom stereocenters. The van der Waals surface area contributed by atoms with Gasteiger partial charge in [-0.15, -0.1) is 0 Å². The SMILES string of the molecule is CCC(C)c1ccc(NC(=O)c2ccc(N)cc2)cc1. The Hall–Kier alpha value is -2.29. The molecule has 2 aromatic carbocycles. The van der Waals surface area contributed by atoms with Crippen LogP contribution in [0.3, 0.4) is 0 Å². The van der Waals surface area contributed by atoms with Crippen molar-refractivity contribution in [3.8, 4) is 0 Å². The van der Waals surface area contributed by atoms with E-state index in [1.807, 2.05) is 12.1 Å². The van der Waals surface area contributed by atoms with E-state index in [1.54, 1.807) is 24.3 Å². The second-order valence-corrected chi connectivity index (χ2v) is 5.01. The Kier molecular flexibility index (Phi) is 4.41. The van der Waals surface area contributed by atoms with Crippen LogP contribution in [-0.4, -0.2) is 5.91 Å². The van der Waals surface area contributed by atoms with E-state index in [9.17, 15) is 4.79 Å². The van der Waals surface area contributed by atoms with Crippen LogP contribution < -0.4 is 11.1 Å². The Morgan fingerprint density at radius 2 is 1.70 bits per heavy atom. The lowest BCUT2D eigenvalue weighted by atomic mass is 9.98. The van der Waals surface area contributed by atoms with Crippen LogP contribution in [0.4, 0.5) is 11.4 Å². The number of nitrogens with two attached hydrogens (primary N) is 1. The predicted molar refractivity (Wildman–Crippen MR) is 84.0 cm³/mol. The van der Waals surface area contributed by atoms with Gasteiger partial charge in [-0.3, -0.25) is 4.79 Å². The summed E-state index contributed by atoms with van der Waals surface area (Å²) in [5, 5.41) is 2.88. The van der Waals surface area contributed by atoms with Crippen LogP contribution >= 0.6 is 0 Å². The molecular weight excluding hydrogens is 248 g/mol. The fraction of sp³-hybridized carbons (Fsp3) is 0.235. The second-order valence-electron chi connectivity index (χ2n) is 5.01. The molecule has 0 spiro atoms. The summed E-state index contributed by atoms with van der Waals surface area (Å²) in [5.41, 5.74) is 8.95. The van der Waals surface area contributed by atoms with Gasteiger partial charge in [-0.25, -0.2) is 0 Å². The van der Waals surface area contributed by atoms with Gasteiger partial charge in [0.2, 0.25) is 0 Å². The van der Waals surface area contributed by atoms with Crippen LogP contribution in [0, 0.1) is 0 Å². The van der Waals surface area contributed by atoms with E-state index < -0.39 is 0 Å². The maximum atomic E-state index is 12.0. The van der Waals surface area contributed by atoms with Gasteiger partial charge in [0.25, 0.3) is 5.91 Å². The Morgan fingerprint density at radius 3 is 2.25 bits per heavy atom. The molecule has 0 saturated heterocycles. The number of benzene rings is 2. The molecule has 0 aliphatic rings. The van der Waals surface area contributed by atoms with Crippen molar-refractivity contribution in [3.63, 3.8) is 0 Å². The zero-order valence-electron chi connectivity index (χ0n) is 11.9. The minimum atomic E-state index is -0.124. The van der Waals surface area contributed by atoms with Gasteiger partial charge in [0.1, 0.15) is 0 Å². The van der Waals surface area contributed by atoms with Gasteiger partial charge in [0.15, 0.2) is 0 Å². The fourth-order valence-electron chi connectivity index (χ4n) is 1.97. The van der Waals surface area contributed by atoms with E-state index in [2.05, 4.69) is 31.3 Å². The highest BCUT2D eigenvalue weighted by molar-refractivity contribution is 6.04. The zero-order chi connectivity index (χ0) is 14.5. The van der Waals surface area contributed by atoms with Crippen molar-refractivity contribution in [2.24, 2.45) is 0 Å². The lowest BCUT2D eigenvalue weighted by molar-refractivity contribution is 0.102. The molecule has 2 aromatic rings. The molecule has 0 radical (unpaired) electrons. The van der Waals surface area contributed by atoms with Crippen LogP contribution in [0.2, 0.25) is 0 Å². The number of nitrogens with one attached hydrogen (secondary N) is 1. The number of hydrogen-bond acceptors (Lipinski definition) is 2. The van der Waals surface area contributed by atoms with Crippen molar-refractivity contribution in [2.45, 2.75) is 26.2 Å². The Balaban J connectivity index is 2.06. The first-order chi connectivity index (χ1) is 9.60. The molecule has 1 amide bonds. The van der Waals surface area contributed by atoms with Gasteiger partial charge in [0.05, 0.1) is 0 Å². The highest BCUT2D eigenvalue weighted by Crippen LogP contribution is 2.20. The summed E-state index contributed by atoms with van der Waals surface area (Å²) < 4.78 is 0. The highest BCUT2D eigenvalue weighted by atomic mass is 16.1. The molecule has 20 heavy (non-hydrogen) atoms. The van der Waals surface area contributed by atoms with Gasteiger partial charge in [-0.2, -0.15) is 0 Å². The quantitative estimate of drug-likeness (QED) is 0.822. The maximum Gasteiger partial charge on any atom is 0.255 e. The minimum absolute atomic E-state index is 0.124. The first-order valence-electron chi connectivity index (χ1n) is 6.87. The van der Waals surface area contributed by atoms with E-state index in [0.29, 0.717) is 17.2 Å². The van der Waals surface area contributed by atoms with E-state index in [0.717, 1.165) is 12.1 Å².